The maximum atomic E-state index is 9.66. The summed E-state index contributed by atoms with van der Waals surface area (Å²) in [4.78, 5) is 10.1. The summed E-state index contributed by atoms with van der Waals surface area (Å²) in [5.74, 6) is 1.45. The van der Waals surface area contributed by atoms with Crippen LogP contribution in [-0.4, -0.2) is 9.97 Å². The van der Waals surface area contributed by atoms with Gasteiger partial charge in [-0.15, -0.1) is 0 Å². The topological polar surface area (TPSA) is 49.6 Å². The average Bonchev–Trinajstić information content (AvgIpc) is 3.26. The van der Waals surface area contributed by atoms with E-state index in [1.165, 1.54) is 43.2 Å². The zero-order chi connectivity index (χ0) is 25.5. The van der Waals surface area contributed by atoms with Crippen LogP contribution in [0.2, 0.25) is 0 Å². The molecule has 1 aromatic heterocycles. The molecule has 0 radical (unpaired) electrons. The van der Waals surface area contributed by atoms with Crippen LogP contribution in [0.25, 0.3) is 33.9 Å². The van der Waals surface area contributed by atoms with E-state index in [4.69, 9.17) is 9.97 Å². The third kappa shape index (κ3) is 3.72. The molecule has 38 heavy (non-hydrogen) atoms. The summed E-state index contributed by atoms with van der Waals surface area (Å²) in [5, 5.41) is 9.66. The minimum atomic E-state index is 0.0959. The predicted octanol–water partition coefficient (Wildman–Crippen LogP) is 8.41. The van der Waals surface area contributed by atoms with Crippen molar-refractivity contribution in [3.8, 4) is 40.0 Å². The molecule has 3 nitrogen and oxygen atoms in total. The molecule has 0 saturated heterocycles. The fourth-order valence-electron chi connectivity index (χ4n) is 7.03. The molecule has 4 aromatic rings. The zero-order valence-electron chi connectivity index (χ0n) is 21.3. The van der Waals surface area contributed by atoms with Crippen LogP contribution in [0.3, 0.4) is 0 Å². The minimum Gasteiger partial charge on any atom is -0.228 e. The third-order valence-corrected chi connectivity index (χ3v) is 8.81. The average molecular weight is 492 g/mol. The molecule has 3 aliphatic rings. The summed E-state index contributed by atoms with van der Waals surface area (Å²) >= 11 is 0. The summed E-state index contributed by atoms with van der Waals surface area (Å²) < 4.78 is 0. The van der Waals surface area contributed by atoms with Crippen molar-refractivity contribution in [2.24, 2.45) is 5.92 Å². The van der Waals surface area contributed by atoms with Crippen molar-refractivity contribution in [1.82, 2.24) is 9.97 Å². The van der Waals surface area contributed by atoms with Gasteiger partial charge in [0.1, 0.15) is 0 Å². The van der Waals surface area contributed by atoms with Crippen molar-refractivity contribution in [3.05, 3.63) is 120 Å². The number of aromatic nitrogens is 2. The molecule has 1 heterocycles. The number of allylic oxidation sites excluding steroid dienone is 4. The van der Waals surface area contributed by atoms with E-state index in [0.717, 1.165) is 39.5 Å². The normalized spacial score (nSPS) is 20.9. The fraction of sp³-hybridized carbons (Fsp3) is 0.229. The molecule has 0 bridgehead atoms. The Kier molecular flexibility index (Phi) is 5.55. The Balaban J connectivity index is 1.40. The van der Waals surface area contributed by atoms with Gasteiger partial charge in [-0.25, -0.2) is 9.97 Å². The van der Waals surface area contributed by atoms with Gasteiger partial charge in [0, 0.05) is 33.6 Å². The SMILES string of the molecule is N#CC1=CC2C(C=C1)c1ccc(-c3cc(-c4ccccc4)nc(-c4ccccc4)n3)cc1C21CCCCC1. The van der Waals surface area contributed by atoms with E-state index in [9.17, 15) is 5.26 Å². The second kappa shape index (κ2) is 9.23. The monoisotopic (exact) mass is 491 g/mol. The molecule has 3 aromatic carbocycles. The van der Waals surface area contributed by atoms with Crippen molar-refractivity contribution < 1.29 is 0 Å². The number of hydrogen-bond donors (Lipinski definition) is 0. The smallest absolute Gasteiger partial charge is 0.160 e. The van der Waals surface area contributed by atoms with Crippen molar-refractivity contribution in [2.45, 2.75) is 43.4 Å². The highest BCUT2D eigenvalue weighted by atomic mass is 14.9. The summed E-state index contributed by atoms with van der Waals surface area (Å²) in [5.41, 5.74) is 8.91. The maximum Gasteiger partial charge on any atom is 0.160 e. The molecule has 0 aliphatic heterocycles. The second-order valence-electron chi connectivity index (χ2n) is 10.9. The highest BCUT2D eigenvalue weighted by molar-refractivity contribution is 5.73. The van der Waals surface area contributed by atoms with Crippen LogP contribution < -0.4 is 0 Å². The quantitative estimate of drug-likeness (QED) is 0.289. The summed E-state index contributed by atoms with van der Waals surface area (Å²) in [6, 6.07) is 32.1. The summed E-state index contributed by atoms with van der Waals surface area (Å²) in [7, 11) is 0. The van der Waals surface area contributed by atoms with Gasteiger partial charge in [-0.1, -0.05) is 104 Å². The van der Waals surface area contributed by atoms with Crippen molar-refractivity contribution >= 4 is 0 Å². The molecule has 0 N–H and O–H groups in total. The molecular weight excluding hydrogens is 462 g/mol. The van der Waals surface area contributed by atoms with E-state index >= 15 is 0 Å². The molecule has 1 spiro atoms. The first-order valence-electron chi connectivity index (χ1n) is 13.7. The molecule has 1 fully saturated rings. The van der Waals surface area contributed by atoms with Gasteiger partial charge in [-0.3, -0.25) is 0 Å². The van der Waals surface area contributed by atoms with E-state index in [0.29, 0.717) is 11.8 Å². The first-order chi connectivity index (χ1) is 18.7. The van der Waals surface area contributed by atoms with Gasteiger partial charge in [0.25, 0.3) is 0 Å². The van der Waals surface area contributed by atoms with E-state index in [2.05, 4.69) is 78.9 Å². The number of hydrogen-bond acceptors (Lipinski definition) is 3. The number of rotatable bonds is 3. The Bertz CT molecular complexity index is 1540. The van der Waals surface area contributed by atoms with E-state index in [1.54, 1.807) is 0 Å². The lowest BCUT2D eigenvalue weighted by Crippen LogP contribution is -2.34. The van der Waals surface area contributed by atoms with Crippen LogP contribution in [0.1, 0.15) is 49.1 Å². The van der Waals surface area contributed by atoms with Gasteiger partial charge >= 0.3 is 0 Å². The molecule has 7 rings (SSSR count). The van der Waals surface area contributed by atoms with Crippen molar-refractivity contribution in [1.29, 1.82) is 5.26 Å². The lowest BCUT2D eigenvalue weighted by molar-refractivity contribution is 0.233. The Morgan fingerprint density at radius 3 is 2.13 bits per heavy atom. The number of benzene rings is 3. The zero-order valence-corrected chi connectivity index (χ0v) is 21.3. The first kappa shape index (κ1) is 22.9. The molecule has 0 amide bonds. The lowest BCUT2D eigenvalue weighted by Gasteiger charge is -2.40. The second-order valence-corrected chi connectivity index (χ2v) is 10.9. The van der Waals surface area contributed by atoms with E-state index < -0.39 is 0 Å². The van der Waals surface area contributed by atoms with Crippen LogP contribution in [0.15, 0.2) is 109 Å². The molecular formula is C35H29N3. The number of fused-ring (bicyclic) bond motifs is 5. The summed E-state index contributed by atoms with van der Waals surface area (Å²) in [6.45, 7) is 0. The number of nitriles is 1. The Labute approximate surface area is 224 Å². The highest BCUT2D eigenvalue weighted by Crippen LogP contribution is 2.59. The Morgan fingerprint density at radius 2 is 1.42 bits per heavy atom. The number of nitrogens with zero attached hydrogens (tertiary/aromatic N) is 3. The van der Waals surface area contributed by atoms with Crippen LogP contribution in [0, 0.1) is 17.2 Å². The molecule has 1 saturated carbocycles. The standard InChI is InChI=1S/C35H29N3/c36-23-24-14-16-28-29-17-15-27(21-31(29)35(30(28)20-24)18-8-3-9-19-35)33-22-32(25-10-4-1-5-11-25)37-34(38-33)26-12-6-2-7-13-26/h1-2,4-7,10-17,20-22,28,30H,3,8-9,18-19H2. The third-order valence-electron chi connectivity index (χ3n) is 8.81. The minimum absolute atomic E-state index is 0.0959. The fourth-order valence-corrected chi connectivity index (χ4v) is 7.03. The van der Waals surface area contributed by atoms with Gasteiger partial charge in [0.05, 0.1) is 17.5 Å². The van der Waals surface area contributed by atoms with Crippen molar-refractivity contribution in [2.75, 3.05) is 0 Å². The first-order valence-corrected chi connectivity index (χ1v) is 13.7. The largest absolute Gasteiger partial charge is 0.228 e. The van der Waals surface area contributed by atoms with Gasteiger partial charge in [0.2, 0.25) is 0 Å². The van der Waals surface area contributed by atoms with E-state index in [-0.39, 0.29) is 5.41 Å². The maximum absolute atomic E-state index is 9.66. The van der Waals surface area contributed by atoms with Gasteiger partial charge < -0.3 is 0 Å². The van der Waals surface area contributed by atoms with Crippen LogP contribution in [-0.2, 0) is 5.41 Å². The molecule has 3 aliphatic carbocycles. The highest BCUT2D eigenvalue weighted by Gasteiger charge is 2.51. The summed E-state index contributed by atoms with van der Waals surface area (Å²) in [6.07, 6.45) is 12.7. The van der Waals surface area contributed by atoms with Crippen LogP contribution >= 0.6 is 0 Å². The van der Waals surface area contributed by atoms with Gasteiger partial charge in [0.15, 0.2) is 5.82 Å². The van der Waals surface area contributed by atoms with Gasteiger partial charge in [-0.2, -0.15) is 5.26 Å². The lowest BCUT2D eigenvalue weighted by atomic mass is 9.63. The van der Waals surface area contributed by atoms with Gasteiger partial charge in [-0.05, 0) is 48.1 Å². The predicted molar refractivity (Wildman–Crippen MR) is 152 cm³/mol. The van der Waals surface area contributed by atoms with E-state index in [1.807, 2.05) is 30.3 Å². The van der Waals surface area contributed by atoms with Crippen molar-refractivity contribution in [3.63, 3.8) is 0 Å². The molecule has 2 atom stereocenters. The van der Waals surface area contributed by atoms with Crippen LogP contribution in [0.5, 0.6) is 0 Å². The molecule has 184 valence electrons. The molecule has 3 heteroatoms. The Hall–Kier alpha value is -4.29. The molecule has 2 unspecified atom stereocenters. The Morgan fingerprint density at radius 1 is 0.737 bits per heavy atom. The van der Waals surface area contributed by atoms with Crippen LogP contribution in [0.4, 0.5) is 0 Å².